The summed E-state index contributed by atoms with van der Waals surface area (Å²) < 4.78 is 28.5. The third-order valence-electron chi connectivity index (χ3n) is 3.13. The van der Waals surface area contributed by atoms with E-state index in [9.17, 15) is 8.78 Å². The molecule has 0 saturated carbocycles. The summed E-state index contributed by atoms with van der Waals surface area (Å²) in [5.41, 5.74) is 11.5. The van der Waals surface area contributed by atoms with Crippen molar-refractivity contribution >= 4 is 22.5 Å². The molecule has 0 atom stereocenters. The van der Waals surface area contributed by atoms with Gasteiger partial charge in [-0.1, -0.05) is 0 Å². The Bertz CT molecular complexity index is 835. The molecule has 0 bridgehead atoms. The molecule has 0 aliphatic carbocycles. The molecule has 0 unspecified atom stereocenters. The lowest BCUT2D eigenvalue weighted by Crippen LogP contribution is -2.06. The van der Waals surface area contributed by atoms with E-state index in [1.807, 2.05) is 0 Å². The SMILES string of the molecule is Nc1ncc(Cc2c(F)cc3ncccc3c2F)nc1N. The maximum absolute atomic E-state index is 14.4. The van der Waals surface area contributed by atoms with Gasteiger partial charge in [-0.25, -0.2) is 18.7 Å². The van der Waals surface area contributed by atoms with E-state index >= 15 is 0 Å². The Morgan fingerprint density at radius 3 is 2.67 bits per heavy atom. The second-order valence-electron chi connectivity index (χ2n) is 4.53. The van der Waals surface area contributed by atoms with Gasteiger partial charge in [0.15, 0.2) is 11.6 Å². The topological polar surface area (TPSA) is 90.7 Å². The summed E-state index contributed by atoms with van der Waals surface area (Å²) >= 11 is 0. The Morgan fingerprint density at radius 2 is 1.90 bits per heavy atom. The minimum absolute atomic E-state index is 0.0378. The molecule has 7 heteroatoms. The minimum atomic E-state index is -0.684. The third-order valence-corrected chi connectivity index (χ3v) is 3.13. The van der Waals surface area contributed by atoms with Gasteiger partial charge in [0.2, 0.25) is 0 Å². The number of nitrogens with two attached hydrogens (primary N) is 2. The van der Waals surface area contributed by atoms with Crippen molar-refractivity contribution in [2.45, 2.75) is 6.42 Å². The molecule has 0 fully saturated rings. The largest absolute Gasteiger partial charge is 0.381 e. The lowest BCUT2D eigenvalue weighted by Gasteiger charge is -2.08. The molecule has 0 amide bonds. The maximum Gasteiger partial charge on any atom is 0.166 e. The number of pyridine rings is 1. The van der Waals surface area contributed by atoms with Crippen LogP contribution < -0.4 is 11.5 Å². The van der Waals surface area contributed by atoms with Gasteiger partial charge in [0.25, 0.3) is 0 Å². The van der Waals surface area contributed by atoms with Gasteiger partial charge in [0.1, 0.15) is 11.6 Å². The first kappa shape index (κ1) is 13.2. The van der Waals surface area contributed by atoms with Crippen molar-refractivity contribution in [1.29, 1.82) is 0 Å². The zero-order valence-corrected chi connectivity index (χ0v) is 10.8. The van der Waals surface area contributed by atoms with Gasteiger partial charge in [-0.3, -0.25) is 4.98 Å². The van der Waals surface area contributed by atoms with E-state index in [4.69, 9.17) is 11.5 Å². The van der Waals surface area contributed by atoms with Crippen molar-refractivity contribution < 1.29 is 8.78 Å². The summed E-state index contributed by atoms with van der Waals surface area (Å²) in [5, 5.41) is 0.255. The molecule has 2 aromatic heterocycles. The Balaban J connectivity index is 2.09. The highest BCUT2D eigenvalue weighted by Gasteiger charge is 2.15. The molecular formula is C14H11F2N5. The standard InChI is InChI=1S/C14H11F2N5/c15-10-5-11-8(2-1-3-19-11)12(16)9(10)4-7-6-20-13(17)14(18)21-7/h1-3,5-6H,4H2,(H2,17,20)(H2,18,21). The van der Waals surface area contributed by atoms with Crippen LogP contribution in [0.3, 0.4) is 0 Å². The van der Waals surface area contributed by atoms with Crippen molar-refractivity contribution in [3.05, 3.63) is 53.5 Å². The van der Waals surface area contributed by atoms with Crippen LogP contribution >= 0.6 is 0 Å². The van der Waals surface area contributed by atoms with E-state index in [0.717, 1.165) is 0 Å². The number of anilines is 2. The summed E-state index contributed by atoms with van der Waals surface area (Å²) in [6.07, 6.45) is 2.75. The fraction of sp³-hybridized carbons (Fsp3) is 0.0714. The van der Waals surface area contributed by atoms with Crippen LogP contribution in [-0.4, -0.2) is 15.0 Å². The molecule has 0 saturated heterocycles. The zero-order valence-electron chi connectivity index (χ0n) is 10.8. The van der Waals surface area contributed by atoms with Crippen LogP contribution in [0.4, 0.5) is 20.4 Å². The molecule has 3 rings (SSSR count). The summed E-state index contributed by atoms with van der Waals surface area (Å²) in [7, 11) is 0. The smallest absolute Gasteiger partial charge is 0.166 e. The molecule has 1 aromatic carbocycles. The second kappa shape index (κ2) is 4.93. The van der Waals surface area contributed by atoms with Crippen molar-refractivity contribution in [3.63, 3.8) is 0 Å². The fourth-order valence-corrected chi connectivity index (χ4v) is 2.07. The summed E-state index contributed by atoms with van der Waals surface area (Å²) in [4.78, 5) is 11.7. The highest BCUT2D eigenvalue weighted by Crippen LogP contribution is 2.24. The number of aromatic nitrogens is 3. The highest BCUT2D eigenvalue weighted by atomic mass is 19.1. The predicted molar refractivity (Wildman–Crippen MR) is 75.3 cm³/mol. The molecular weight excluding hydrogens is 276 g/mol. The molecule has 0 aliphatic heterocycles. The molecule has 0 spiro atoms. The second-order valence-corrected chi connectivity index (χ2v) is 4.53. The zero-order chi connectivity index (χ0) is 15.0. The van der Waals surface area contributed by atoms with Crippen LogP contribution in [0.25, 0.3) is 10.9 Å². The summed E-state index contributed by atoms with van der Waals surface area (Å²) in [6.45, 7) is 0. The van der Waals surface area contributed by atoms with Gasteiger partial charge in [0, 0.05) is 29.6 Å². The van der Waals surface area contributed by atoms with Gasteiger partial charge in [-0.15, -0.1) is 0 Å². The first-order chi connectivity index (χ1) is 10.1. The lowest BCUT2D eigenvalue weighted by molar-refractivity contribution is 0.568. The molecule has 21 heavy (non-hydrogen) atoms. The quantitative estimate of drug-likeness (QED) is 0.752. The Morgan fingerprint density at radius 1 is 1.10 bits per heavy atom. The van der Waals surface area contributed by atoms with E-state index < -0.39 is 11.6 Å². The first-order valence-electron chi connectivity index (χ1n) is 6.14. The Labute approximate surface area is 118 Å². The predicted octanol–water partition coefficient (Wildman–Crippen LogP) is 2.06. The average Bonchev–Trinajstić information content (AvgIpc) is 2.47. The molecule has 2 heterocycles. The first-order valence-corrected chi connectivity index (χ1v) is 6.14. The van der Waals surface area contributed by atoms with Crippen LogP contribution in [0.2, 0.25) is 0 Å². The van der Waals surface area contributed by atoms with Crippen LogP contribution in [0.15, 0.2) is 30.6 Å². The van der Waals surface area contributed by atoms with Crippen molar-refractivity contribution in [2.75, 3.05) is 11.5 Å². The third kappa shape index (κ3) is 2.33. The number of benzene rings is 1. The van der Waals surface area contributed by atoms with Gasteiger partial charge in [-0.05, 0) is 12.1 Å². The van der Waals surface area contributed by atoms with E-state index in [1.165, 1.54) is 18.5 Å². The molecule has 3 aromatic rings. The van der Waals surface area contributed by atoms with E-state index in [-0.39, 0.29) is 34.5 Å². The average molecular weight is 287 g/mol. The van der Waals surface area contributed by atoms with Gasteiger partial charge >= 0.3 is 0 Å². The maximum atomic E-state index is 14.4. The van der Waals surface area contributed by atoms with Crippen LogP contribution in [-0.2, 0) is 6.42 Å². The number of rotatable bonds is 2. The molecule has 106 valence electrons. The Hall–Kier alpha value is -2.83. The molecule has 4 N–H and O–H groups in total. The Kier molecular flexibility index (Phi) is 3.09. The van der Waals surface area contributed by atoms with Crippen molar-refractivity contribution in [1.82, 2.24) is 15.0 Å². The molecule has 0 aliphatic rings. The van der Waals surface area contributed by atoms with E-state index in [2.05, 4.69) is 15.0 Å². The van der Waals surface area contributed by atoms with Gasteiger partial charge in [0.05, 0.1) is 17.4 Å². The van der Waals surface area contributed by atoms with Crippen molar-refractivity contribution in [2.24, 2.45) is 0 Å². The number of hydrogen-bond acceptors (Lipinski definition) is 5. The lowest BCUT2D eigenvalue weighted by atomic mass is 10.0. The highest BCUT2D eigenvalue weighted by molar-refractivity contribution is 5.80. The number of halogens is 2. The fourth-order valence-electron chi connectivity index (χ4n) is 2.07. The minimum Gasteiger partial charge on any atom is -0.381 e. The number of fused-ring (bicyclic) bond motifs is 1. The van der Waals surface area contributed by atoms with E-state index in [0.29, 0.717) is 5.69 Å². The van der Waals surface area contributed by atoms with Crippen LogP contribution in [0, 0.1) is 11.6 Å². The monoisotopic (exact) mass is 287 g/mol. The van der Waals surface area contributed by atoms with E-state index in [1.54, 1.807) is 12.1 Å². The number of nitrogens with zero attached hydrogens (tertiary/aromatic N) is 3. The molecule has 0 radical (unpaired) electrons. The number of hydrogen-bond donors (Lipinski definition) is 2. The molecule has 5 nitrogen and oxygen atoms in total. The number of nitrogen functional groups attached to an aromatic ring is 2. The summed E-state index contributed by atoms with van der Waals surface area (Å²) in [6, 6.07) is 4.33. The normalized spacial score (nSPS) is 11.0. The van der Waals surface area contributed by atoms with Crippen LogP contribution in [0.1, 0.15) is 11.3 Å². The van der Waals surface area contributed by atoms with Crippen molar-refractivity contribution in [3.8, 4) is 0 Å². The van der Waals surface area contributed by atoms with Crippen LogP contribution in [0.5, 0.6) is 0 Å². The van der Waals surface area contributed by atoms with Gasteiger partial charge < -0.3 is 11.5 Å². The van der Waals surface area contributed by atoms with Gasteiger partial charge in [-0.2, -0.15) is 0 Å². The summed E-state index contributed by atoms with van der Waals surface area (Å²) in [5.74, 6) is -1.22.